The number of benzene rings is 1. The highest BCUT2D eigenvalue weighted by Crippen LogP contribution is 2.28. The van der Waals surface area contributed by atoms with E-state index in [1.165, 1.54) is 4.68 Å². The Labute approximate surface area is 161 Å². The maximum atomic E-state index is 12.4. The van der Waals surface area contributed by atoms with Gasteiger partial charge in [-0.1, -0.05) is 42.3 Å². The van der Waals surface area contributed by atoms with Crippen LogP contribution in [-0.2, 0) is 13.0 Å². The summed E-state index contributed by atoms with van der Waals surface area (Å²) in [4.78, 5) is 21.0. The van der Waals surface area contributed by atoms with Crippen molar-refractivity contribution in [2.45, 2.75) is 26.8 Å². The number of nitrogens with one attached hydrogen (secondary N) is 1. The molecule has 0 radical (unpaired) electrons. The van der Waals surface area contributed by atoms with Crippen LogP contribution in [-0.4, -0.2) is 25.7 Å². The molecule has 1 aromatic carbocycles. The largest absolute Gasteiger partial charge is 0.345 e. The summed E-state index contributed by atoms with van der Waals surface area (Å²) >= 11 is 12.5. The Kier molecular flexibility index (Phi) is 5.54. The number of halogens is 2. The van der Waals surface area contributed by atoms with E-state index in [4.69, 9.17) is 23.2 Å². The molecule has 0 saturated carbocycles. The number of pyridine rings is 1. The average Bonchev–Trinajstić information content (AvgIpc) is 3.05. The Morgan fingerprint density at radius 2 is 1.92 bits per heavy atom. The third-order valence-electron chi connectivity index (χ3n) is 3.77. The maximum Gasteiger partial charge on any atom is 0.291 e. The fourth-order valence-electron chi connectivity index (χ4n) is 2.40. The van der Waals surface area contributed by atoms with E-state index in [9.17, 15) is 4.79 Å². The zero-order valence-electron chi connectivity index (χ0n) is 14.3. The third-order valence-corrected chi connectivity index (χ3v) is 4.38. The van der Waals surface area contributed by atoms with E-state index in [1.54, 1.807) is 24.4 Å². The topological polar surface area (TPSA) is 72.7 Å². The number of nitrogens with zero attached hydrogens (tertiary/aromatic N) is 4. The van der Waals surface area contributed by atoms with Gasteiger partial charge in [-0.25, -0.2) is 9.67 Å². The first-order valence-corrected chi connectivity index (χ1v) is 8.85. The second kappa shape index (κ2) is 7.85. The lowest BCUT2D eigenvalue weighted by molar-refractivity contribution is 0.0940. The minimum Gasteiger partial charge on any atom is -0.345 e. The molecule has 0 atom stereocenters. The minimum atomic E-state index is -0.373. The number of aromatic nitrogens is 4. The summed E-state index contributed by atoms with van der Waals surface area (Å²) in [5.41, 5.74) is 2.33. The smallest absolute Gasteiger partial charge is 0.291 e. The minimum absolute atomic E-state index is 0.0675. The highest BCUT2D eigenvalue weighted by atomic mass is 35.5. The summed E-state index contributed by atoms with van der Waals surface area (Å²) in [6.07, 6.45) is 2.30. The third kappa shape index (κ3) is 3.86. The van der Waals surface area contributed by atoms with Crippen LogP contribution in [0.25, 0.3) is 5.69 Å². The van der Waals surface area contributed by atoms with Crippen molar-refractivity contribution in [2.24, 2.45) is 0 Å². The van der Waals surface area contributed by atoms with Crippen molar-refractivity contribution in [2.75, 3.05) is 0 Å². The molecule has 0 aliphatic carbocycles. The van der Waals surface area contributed by atoms with E-state index in [1.807, 2.05) is 26.0 Å². The lowest BCUT2D eigenvalue weighted by Crippen LogP contribution is -2.24. The van der Waals surface area contributed by atoms with Gasteiger partial charge in [-0.2, -0.15) is 0 Å². The number of hydrogen-bond donors (Lipinski definition) is 1. The second-order valence-corrected chi connectivity index (χ2v) is 6.49. The lowest BCUT2D eigenvalue weighted by atomic mass is 10.2. The zero-order chi connectivity index (χ0) is 18.7. The molecule has 3 rings (SSSR count). The van der Waals surface area contributed by atoms with Crippen LogP contribution in [0.2, 0.25) is 10.0 Å². The van der Waals surface area contributed by atoms with Crippen LogP contribution in [0, 0.1) is 6.92 Å². The van der Waals surface area contributed by atoms with E-state index in [-0.39, 0.29) is 11.7 Å². The molecule has 0 aliphatic rings. The number of para-hydroxylation sites is 1. The Bertz CT molecular complexity index is 917. The van der Waals surface area contributed by atoms with Crippen LogP contribution < -0.4 is 5.32 Å². The number of carbonyl (C=O) groups excluding carboxylic acids is 1. The van der Waals surface area contributed by atoms with Crippen LogP contribution in [0.1, 0.15) is 34.6 Å². The van der Waals surface area contributed by atoms with E-state index in [0.29, 0.717) is 34.5 Å². The first-order chi connectivity index (χ1) is 12.5. The van der Waals surface area contributed by atoms with Gasteiger partial charge in [0.2, 0.25) is 5.82 Å². The molecule has 0 saturated heterocycles. The summed E-state index contributed by atoms with van der Waals surface area (Å²) in [7, 11) is 0. The van der Waals surface area contributed by atoms with Gasteiger partial charge in [0.15, 0.2) is 0 Å². The highest BCUT2D eigenvalue weighted by Gasteiger charge is 2.19. The molecular weight excluding hydrogens is 373 g/mol. The van der Waals surface area contributed by atoms with E-state index < -0.39 is 0 Å². The Balaban J connectivity index is 1.84. The fraction of sp³-hybridized carbons (Fsp3) is 0.222. The molecule has 6 nitrogen and oxygen atoms in total. The summed E-state index contributed by atoms with van der Waals surface area (Å²) in [6.45, 7) is 4.17. The van der Waals surface area contributed by atoms with Crippen LogP contribution in [0.5, 0.6) is 0 Å². The summed E-state index contributed by atoms with van der Waals surface area (Å²) in [5.74, 6) is 0.294. The molecule has 2 heterocycles. The Morgan fingerprint density at radius 3 is 2.54 bits per heavy atom. The van der Waals surface area contributed by atoms with Gasteiger partial charge in [0.1, 0.15) is 11.5 Å². The number of carbonyl (C=O) groups is 1. The first-order valence-electron chi connectivity index (χ1n) is 8.09. The Hall–Kier alpha value is -2.44. The van der Waals surface area contributed by atoms with Crippen LogP contribution >= 0.6 is 23.2 Å². The molecule has 0 unspecified atom stereocenters. The van der Waals surface area contributed by atoms with Gasteiger partial charge >= 0.3 is 0 Å². The summed E-state index contributed by atoms with van der Waals surface area (Å²) in [5, 5.41) is 7.98. The van der Waals surface area contributed by atoms with Crippen molar-refractivity contribution >= 4 is 29.1 Å². The molecule has 2 aromatic heterocycles. The predicted octanol–water partition coefficient (Wildman–Crippen LogP) is 3.77. The van der Waals surface area contributed by atoms with Crippen LogP contribution in [0.4, 0.5) is 0 Å². The molecule has 8 heteroatoms. The zero-order valence-corrected chi connectivity index (χ0v) is 15.8. The second-order valence-electron chi connectivity index (χ2n) is 5.68. The van der Waals surface area contributed by atoms with Gasteiger partial charge in [0.25, 0.3) is 5.91 Å². The van der Waals surface area contributed by atoms with Gasteiger partial charge in [-0.05, 0) is 30.7 Å². The summed E-state index contributed by atoms with van der Waals surface area (Å²) < 4.78 is 1.52. The van der Waals surface area contributed by atoms with Gasteiger partial charge in [0, 0.05) is 24.9 Å². The molecule has 1 amide bonds. The van der Waals surface area contributed by atoms with Gasteiger partial charge in [-0.3, -0.25) is 9.78 Å². The average molecular weight is 390 g/mol. The van der Waals surface area contributed by atoms with Gasteiger partial charge in [-0.15, -0.1) is 5.10 Å². The van der Waals surface area contributed by atoms with Crippen molar-refractivity contribution < 1.29 is 4.79 Å². The number of aryl methyl sites for hydroxylation is 2. The highest BCUT2D eigenvalue weighted by molar-refractivity contribution is 6.37. The van der Waals surface area contributed by atoms with Crippen molar-refractivity contribution in [1.29, 1.82) is 0 Å². The fourth-order valence-corrected chi connectivity index (χ4v) is 2.96. The van der Waals surface area contributed by atoms with Crippen molar-refractivity contribution in [3.8, 4) is 5.69 Å². The molecule has 0 fully saturated rings. The molecule has 0 spiro atoms. The molecular formula is C18H17Cl2N5O. The quantitative estimate of drug-likeness (QED) is 0.720. The van der Waals surface area contributed by atoms with Crippen molar-refractivity contribution in [3.63, 3.8) is 0 Å². The molecule has 0 bridgehead atoms. The number of hydrogen-bond acceptors (Lipinski definition) is 4. The summed E-state index contributed by atoms with van der Waals surface area (Å²) in [6, 6.07) is 8.99. The molecule has 3 aromatic rings. The van der Waals surface area contributed by atoms with E-state index in [2.05, 4.69) is 20.4 Å². The SMILES string of the molecule is CCc1nc(C(=O)NCc2ccc(C)nc2)nn1-c1c(Cl)cccc1Cl. The number of rotatable bonds is 5. The van der Waals surface area contributed by atoms with Gasteiger partial charge < -0.3 is 5.32 Å². The normalized spacial score (nSPS) is 10.8. The van der Waals surface area contributed by atoms with Gasteiger partial charge in [0.05, 0.1) is 10.0 Å². The van der Waals surface area contributed by atoms with Crippen LogP contribution in [0.3, 0.4) is 0 Å². The van der Waals surface area contributed by atoms with Crippen molar-refractivity contribution in [1.82, 2.24) is 25.1 Å². The predicted molar refractivity (Wildman–Crippen MR) is 101 cm³/mol. The van der Waals surface area contributed by atoms with E-state index >= 15 is 0 Å². The van der Waals surface area contributed by atoms with Crippen molar-refractivity contribution in [3.05, 3.63) is 69.5 Å². The van der Waals surface area contributed by atoms with E-state index in [0.717, 1.165) is 11.3 Å². The standard InChI is InChI=1S/C18H17Cl2N5O/c1-3-15-23-17(18(26)22-10-12-8-7-11(2)21-9-12)24-25(15)16-13(19)5-4-6-14(16)20/h4-9H,3,10H2,1-2H3,(H,22,26). The molecule has 26 heavy (non-hydrogen) atoms. The number of amides is 1. The molecule has 0 aliphatic heterocycles. The maximum absolute atomic E-state index is 12.4. The lowest BCUT2D eigenvalue weighted by Gasteiger charge is -2.08. The van der Waals surface area contributed by atoms with Crippen LogP contribution in [0.15, 0.2) is 36.5 Å². The monoisotopic (exact) mass is 389 g/mol. The Morgan fingerprint density at radius 1 is 1.19 bits per heavy atom. The molecule has 1 N–H and O–H groups in total. The first kappa shape index (κ1) is 18.4. The molecule has 134 valence electrons.